The number of carbonyl (C=O) groups excluding carboxylic acids is 5. The molecule has 1 unspecified atom stereocenters. The maximum atomic E-state index is 13.1. The molecule has 0 radical (unpaired) electrons. The molecule has 0 spiro atoms. The Labute approximate surface area is 221 Å². The third-order valence-corrected chi connectivity index (χ3v) is 6.00. The van der Waals surface area contributed by atoms with Gasteiger partial charge in [0.05, 0.1) is 11.7 Å². The molecule has 1 aromatic rings. The van der Waals surface area contributed by atoms with E-state index in [0.29, 0.717) is 50.3 Å². The fourth-order valence-corrected chi connectivity index (χ4v) is 4.10. The summed E-state index contributed by atoms with van der Waals surface area (Å²) < 4.78 is 16.4. The molecule has 3 rings (SSSR count). The molecule has 0 aromatic heterocycles. The van der Waals surface area contributed by atoms with E-state index < -0.39 is 11.9 Å². The first-order valence-electron chi connectivity index (χ1n) is 12.9. The first-order chi connectivity index (χ1) is 18.3. The molecule has 1 aromatic carbocycles. The first kappa shape index (κ1) is 29.1. The van der Waals surface area contributed by atoms with E-state index in [0.717, 1.165) is 0 Å². The zero-order valence-electron chi connectivity index (χ0n) is 21.9. The minimum atomic E-state index is -0.714. The van der Waals surface area contributed by atoms with Crippen LogP contribution in [0.15, 0.2) is 18.2 Å². The number of nitrogens with one attached hydrogen (secondary N) is 3. The molecule has 0 saturated carbocycles. The van der Waals surface area contributed by atoms with Gasteiger partial charge in [-0.25, -0.2) is 0 Å². The molecule has 5 amide bonds. The van der Waals surface area contributed by atoms with Gasteiger partial charge in [0.25, 0.3) is 11.8 Å². The summed E-state index contributed by atoms with van der Waals surface area (Å²) in [4.78, 5) is 61.9. The van der Waals surface area contributed by atoms with Crippen molar-refractivity contribution < 1.29 is 38.2 Å². The van der Waals surface area contributed by atoms with Gasteiger partial charge in [0.15, 0.2) is 6.61 Å². The van der Waals surface area contributed by atoms with E-state index in [1.807, 2.05) is 13.8 Å². The minimum Gasteiger partial charge on any atom is -0.483 e. The minimum absolute atomic E-state index is 0.0113. The molecular weight excluding hydrogens is 496 g/mol. The van der Waals surface area contributed by atoms with Gasteiger partial charge >= 0.3 is 0 Å². The predicted octanol–water partition coefficient (Wildman–Crippen LogP) is 0.281. The van der Waals surface area contributed by atoms with Gasteiger partial charge in [0, 0.05) is 39.3 Å². The van der Waals surface area contributed by atoms with Crippen LogP contribution in [0.1, 0.15) is 55.5 Å². The Hall–Kier alpha value is -3.51. The van der Waals surface area contributed by atoms with Crippen molar-refractivity contribution in [1.82, 2.24) is 20.9 Å². The van der Waals surface area contributed by atoms with Gasteiger partial charge in [-0.05, 0) is 44.7 Å². The van der Waals surface area contributed by atoms with E-state index in [1.54, 1.807) is 18.2 Å². The molecule has 208 valence electrons. The highest BCUT2D eigenvalue weighted by Gasteiger charge is 2.40. The summed E-state index contributed by atoms with van der Waals surface area (Å²) in [6.07, 6.45) is 1.75. The van der Waals surface area contributed by atoms with E-state index in [9.17, 15) is 24.0 Å². The molecule has 2 aliphatic rings. The highest BCUT2D eigenvalue weighted by atomic mass is 16.5. The van der Waals surface area contributed by atoms with Gasteiger partial charge in [-0.3, -0.25) is 29.3 Å². The lowest BCUT2D eigenvalue weighted by Crippen LogP contribution is -2.52. The maximum absolute atomic E-state index is 13.1. The van der Waals surface area contributed by atoms with E-state index in [-0.39, 0.29) is 68.1 Å². The highest BCUT2D eigenvalue weighted by molar-refractivity contribution is 6.06. The molecule has 0 bridgehead atoms. The third-order valence-electron chi connectivity index (χ3n) is 6.00. The van der Waals surface area contributed by atoms with Gasteiger partial charge in [0.2, 0.25) is 17.7 Å². The average molecular weight is 533 g/mol. The lowest BCUT2D eigenvalue weighted by atomic mass is 10.0. The Bertz CT molecular complexity index is 1030. The van der Waals surface area contributed by atoms with Gasteiger partial charge in [-0.2, -0.15) is 0 Å². The van der Waals surface area contributed by atoms with Crippen LogP contribution in [0.4, 0.5) is 0 Å². The number of amides is 5. The van der Waals surface area contributed by atoms with Crippen molar-refractivity contribution in [3.63, 3.8) is 0 Å². The molecule has 2 heterocycles. The van der Waals surface area contributed by atoms with Gasteiger partial charge in [0.1, 0.15) is 18.4 Å². The molecule has 0 aliphatic carbocycles. The molecular formula is C26H36N4O8. The van der Waals surface area contributed by atoms with Crippen molar-refractivity contribution in [2.24, 2.45) is 0 Å². The molecule has 1 saturated heterocycles. The lowest BCUT2D eigenvalue weighted by molar-refractivity contribution is -0.137. The second kappa shape index (κ2) is 14.4. The summed E-state index contributed by atoms with van der Waals surface area (Å²) in [5.74, 6) is -1.38. The molecule has 1 atom stereocenters. The second-order valence-corrected chi connectivity index (χ2v) is 9.36. The third kappa shape index (κ3) is 8.52. The normalized spacial score (nSPS) is 16.9. The summed E-state index contributed by atoms with van der Waals surface area (Å²) in [6.45, 7) is 5.62. The average Bonchev–Trinajstić information content (AvgIpc) is 3.21. The smallest absolute Gasteiger partial charge is 0.258 e. The number of hydrogen-bond acceptors (Lipinski definition) is 8. The fraction of sp³-hybridized carbons (Fsp3) is 0.577. The Kier molecular flexibility index (Phi) is 11.0. The number of nitrogens with zero attached hydrogens (tertiary/aromatic N) is 1. The van der Waals surface area contributed by atoms with Crippen LogP contribution in [-0.2, 0) is 35.2 Å². The maximum Gasteiger partial charge on any atom is 0.258 e. The molecule has 1 fully saturated rings. The summed E-state index contributed by atoms with van der Waals surface area (Å²) in [5.41, 5.74) is 1.04. The molecule has 12 nitrogen and oxygen atoms in total. The van der Waals surface area contributed by atoms with Crippen LogP contribution >= 0.6 is 0 Å². The Morgan fingerprint density at radius 1 is 1.05 bits per heavy atom. The van der Waals surface area contributed by atoms with Crippen molar-refractivity contribution in [2.45, 2.75) is 58.2 Å². The van der Waals surface area contributed by atoms with Crippen molar-refractivity contribution in [2.75, 3.05) is 39.5 Å². The zero-order valence-corrected chi connectivity index (χ0v) is 21.9. The summed E-state index contributed by atoms with van der Waals surface area (Å²) in [7, 11) is 0. The van der Waals surface area contributed by atoms with Crippen molar-refractivity contribution in [3.8, 4) is 5.75 Å². The Balaban J connectivity index is 1.30. The number of imide groups is 1. The summed E-state index contributed by atoms with van der Waals surface area (Å²) >= 11 is 0. The standard InChI is InChI=1S/C26H36N4O8/c1-17(2)37-15-22(32)27-10-4-12-36-13-5-11-28-23(33)16-38-20-7-3-6-18-14-30(26(35)24(18)20)19-8-9-21(31)29-25(19)34/h3,6-7,17,19H,4-5,8-16H2,1-2H3,(H,27,32)(H,28,33)(H,29,31,34). The zero-order chi connectivity index (χ0) is 27.5. The van der Waals surface area contributed by atoms with E-state index in [1.165, 1.54) is 4.90 Å². The number of rotatable bonds is 15. The number of piperidine rings is 1. The number of carbonyl (C=O) groups is 5. The highest BCUT2D eigenvalue weighted by Crippen LogP contribution is 2.33. The SMILES string of the molecule is CC(C)OCC(=O)NCCCOCCCNC(=O)COc1cccc2c1C(=O)N(C1CCC(=O)NC1=O)C2. The number of fused-ring (bicyclic) bond motifs is 1. The monoisotopic (exact) mass is 532 g/mol. The van der Waals surface area contributed by atoms with Gasteiger partial charge in [-0.1, -0.05) is 12.1 Å². The van der Waals surface area contributed by atoms with Crippen molar-refractivity contribution in [3.05, 3.63) is 29.3 Å². The van der Waals surface area contributed by atoms with Crippen molar-refractivity contribution in [1.29, 1.82) is 0 Å². The van der Waals surface area contributed by atoms with Crippen molar-refractivity contribution >= 4 is 29.5 Å². The largest absolute Gasteiger partial charge is 0.483 e. The molecule has 38 heavy (non-hydrogen) atoms. The molecule has 3 N–H and O–H groups in total. The van der Waals surface area contributed by atoms with E-state index in [2.05, 4.69) is 16.0 Å². The molecule has 2 aliphatic heterocycles. The van der Waals surface area contributed by atoms with Crippen LogP contribution < -0.4 is 20.7 Å². The van der Waals surface area contributed by atoms with E-state index >= 15 is 0 Å². The Morgan fingerprint density at radius 2 is 1.74 bits per heavy atom. The summed E-state index contributed by atoms with van der Waals surface area (Å²) in [6, 6.07) is 4.41. The first-order valence-corrected chi connectivity index (χ1v) is 12.9. The fourth-order valence-electron chi connectivity index (χ4n) is 4.10. The van der Waals surface area contributed by atoms with Crippen LogP contribution in [0.3, 0.4) is 0 Å². The lowest BCUT2D eigenvalue weighted by Gasteiger charge is -2.29. The van der Waals surface area contributed by atoms with Crippen LogP contribution in [0.5, 0.6) is 5.75 Å². The topological polar surface area (TPSA) is 152 Å². The van der Waals surface area contributed by atoms with Crippen LogP contribution in [0.25, 0.3) is 0 Å². The van der Waals surface area contributed by atoms with Crippen LogP contribution in [0.2, 0.25) is 0 Å². The Morgan fingerprint density at radius 3 is 2.39 bits per heavy atom. The second-order valence-electron chi connectivity index (χ2n) is 9.36. The molecule has 12 heteroatoms. The number of benzene rings is 1. The van der Waals surface area contributed by atoms with Crippen LogP contribution in [-0.4, -0.2) is 86.1 Å². The number of ether oxygens (including phenoxy) is 3. The number of hydrogen-bond donors (Lipinski definition) is 3. The summed E-state index contributed by atoms with van der Waals surface area (Å²) in [5, 5.41) is 7.78. The van der Waals surface area contributed by atoms with E-state index in [4.69, 9.17) is 14.2 Å². The van der Waals surface area contributed by atoms with Crippen LogP contribution in [0, 0.1) is 0 Å². The predicted molar refractivity (Wildman–Crippen MR) is 135 cm³/mol. The van der Waals surface area contributed by atoms with Gasteiger partial charge in [-0.15, -0.1) is 0 Å². The quantitative estimate of drug-likeness (QED) is 0.215. The van der Waals surface area contributed by atoms with Gasteiger partial charge < -0.3 is 29.7 Å².